The third kappa shape index (κ3) is 4.25. The van der Waals surface area contributed by atoms with Crippen LogP contribution in [0.25, 0.3) is 0 Å². The van der Waals surface area contributed by atoms with E-state index in [1.165, 1.54) is 15.7 Å². The summed E-state index contributed by atoms with van der Waals surface area (Å²) in [6.07, 6.45) is 0.959. The first-order valence-corrected chi connectivity index (χ1v) is 12.6. The molecule has 2 aliphatic heterocycles. The molecule has 1 aromatic heterocycles. The Morgan fingerprint density at radius 1 is 1.03 bits per heavy atom. The molecule has 3 heterocycles. The van der Waals surface area contributed by atoms with Crippen LogP contribution in [-0.2, 0) is 19.7 Å². The molecule has 202 valence electrons. The minimum Gasteiger partial charge on any atom is -0.483 e. The van der Waals surface area contributed by atoms with E-state index in [1.807, 2.05) is 0 Å². The van der Waals surface area contributed by atoms with Crippen LogP contribution in [0.15, 0.2) is 53.5 Å². The Balaban J connectivity index is 1.36. The number of carbonyl (C=O) groups is 2. The van der Waals surface area contributed by atoms with Crippen LogP contribution in [0.2, 0.25) is 0 Å². The van der Waals surface area contributed by atoms with Gasteiger partial charge in [-0.25, -0.2) is 17.6 Å². The molecule has 0 radical (unpaired) electrons. The zero-order valence-corrected chi connectivity index (χ0v) is 20.5. The molecular formula is C28H23F4N3O4. The van der Waals surface area contributed by atoms with Crippen LogP contribution in [0, 0.1) is 23.4 Å². The van der Waals surface area contributed by atoms with Crippen LogP contribution >= 0.6 is 0 Å². The molecule has 4 atom stereocenters. The number of ether oxygens (including phenoxy) is 1. The summed E-state index contributed by atoms with van der Waals surface area (Å²) in [7, 11) is 0. The van der Waals surface area contributed by atoms with E-state index in [-0.39, 0.29) is 36.6 Å². The highest BCUT2D eigenvalue weighted by atomic mass is 19.1. The number of nitrogens with one attached hydrogen (secondary N) is 1. The van der Waals surface area contributed by atoms with Crippen molar-refractivity contribution in [2.45, 2.75) is 50.8 Å². The number of amides is 2. The highest BCUT2D eigenvalue weighted by molar-refractivity contribution is 5.99. The number of hydrogen-bond acceptors (Lipinski definition) is 4. The summed E-state index contributed by atoms with van der Waals surface area (Å²) in [5.41, 5.74) is -1.21. The highest BCUT2D eigenvalue weighted by Crippen LogP contribution is 2.47. The summed E-state index contributed by atoms with van der Waals surface area (Å²) in [4.78, 5) is 41.7. The van der Waals surface area contributed by atoms with E-state index < -0.39 is 64.6 Å². The normalized spacial score (nSPS) is 23.0. The second-order valence-electron chi connectivity index (χ2n) is 10.1. The fourth-order valence-corrected chi connectivity index (χ4v) is 5.97. The number of benzene rings is 2. The van der Waals surface area contributed by atoms with Gasteiger partial charge in [0.05, 0.1) is 12.1 Å². The Labute approximate surface area is 220 Å². The molecule has 6 rings (SSSR count). The highest BCUT2D eigenvalue weighted by Gasteiger charge is 2.56. The van der Waals surface area contributed by atoms with Crippen LogP contribution in [0.5, 0.6) is 5.75 Å². The number of rotatable bonds is 6. The van der Waals surface area contributed by atoms with E-state index in [0.717, 1.165) is 0 Å². The van der Waals surface area contributed by atoms with Crippen LogP contribution in [0.3, 0.4) is 0 Å². The third-order valence-corrected chi connectivity index (χ3v) is 7.81. The summed E-state index contributed by atoms with van der Waals surface area (Å²) in [5, 5.41) is 2.30. The molecule has 2 amide bonds. The summed E-state index contributed by atoms with van der Waals surface area (Å²) in [5.74, 6) is -5.36. The van der Waals surface area contributed by atoms with Crippen molar-refractivity contribution >= 4 is 11.8 Å². The Hall–Kier alpha value is -4.15. The Kier molecular flexibility index (Phi) is 6.16. The van der Waals surface area contributed by atoms with Gasteiger partial charge in [0.1, 0.15) is 35.8 Å². The summed E-state index contributed by atoms with van der Waals surface area (Å²) < 4.78 is 63.3. The predicted octanol–water partition coefficient (Wildman–Crippen LogP) is 3.73. The van der Waals surface area contributed by atoms with Crippen molar-refractivity contribution in [3.8, 4) is 5.75 Å². The average molecular weight is 542 g/mol. The summed E-state index contributed by atoms with van der Waals surface area (Å²) >= 11 is 0. The number of alkyl halides is 1. The van der Waals surface area contributed by atoms with Crippen molar-refractivity contribution in [2.24, 2.45) is 5.92 Å². The van der Waals surface area contributed by atoms with Crippen molar-refractivity contribution in [1.29, 1.82) is 0 Å². The standard InChI is InChI=1S/C28H23F4N3O4/c29-16-8-19(30)17(20(31)9-16)10-33-27(37)18-11-34-12-23-15-6-21(32)22(7-15)35(23)28(38)24(34)26(25(18)36)39-13-14-4-2-1-3-5-14/h1-5,8-9,11,15,21-23H,6-7,10,12-13H2,(H,33,37)/t15-,21-,22-,23+/m1/s1. The molecule has 1 aliphatic carbocycles. The van der Waals surface area contributed by atoms with Gasteiger partial charge in [-0.1, -0.05) is 30.3 Å². The lowest BCUT2D eigenvalue weighted by Crippen LogP contribution is -2.55. The number of hydrogen-bond donors (Lipinski definition) is 1. The smallest absolute Gasteiger partial charge is 0.275 e. The van der Waals surface area contributed by atoms with Gasteiger partial charge in [0.2, 0.25) is 5.43 Å². The fourth-order valence-electron chi connectivity index (χ4n) is 5.97. The van der Waals surface area contributed by atoms with E-state index in [9.17, 15) is 31.9 Å². The summed E-state index contributed by atoms with van der Waals surface area (Å²) in [6, 6.07) is 9.00. The maximum atomic E-state index is 14.5. The Bertz CT molecular complexity index is 1520. The predicted molar refractivity (Wildman–Crippen MR) is 130 cm³/mol. The van der Waals surface area contributed by atoms with Gasteiger partial charge < -0.3 is 19.5 Å². The lowest BCUT2D eigenvalue weighted by Gasteiger charge is -2.41. The van der Waals surface area contributed by atoms with Crippen molar-refractivity contribution in [3.05, 3.63) is 98.7 Å². The fraction of sp³-hybridized carbons (Fsp3) is 0.321. The van der Waals surface area contributed by atoms with Crippen molar-refractivity contribution in [2.75, 3.05) is 0 Å². The maximum Gasteiger partial charge on any atom is 0.275 e. The van der Waals surface area contributed by atoms with E-state index in [4.69, 9.17) is 4.74 Å². The molecule has 11 heteroatoms. The first kappa shape index (κ1) is 25.1. The van der Waals surface area contributed by atoms with E-state index >= 15 is 0 Å². The van der Waals surface area contributed by atoms with Gasteiger partial charge in [-0.05, 0) is 24.3 Å². The number of piperidine rings is 1. The topological polar surface area (TPSA) is 80.6 Å². The number of pyridine rings is 1. The van der Waals surface area contributed by atoms with Gasteiger partial charge in [0.15, 0.2) is 11.4 Å². The molecule has 7 nitrogen and oxygen atoms in total. The average Bonchev–Trinajstić information content (AvgIpc) is 3.45. The molecule has 2 fully saturated rings. The molecule has 0 unspecified atom stereocenters. The summed E-state index contributed by atoms with van der Waals surface area (Å²) in [6.45, 7) is -0.484. The molecule has 2 aromatic carbocycles. The first-order valence-electron chi connectivity index (χ1n) is 12.6. The van der Waals surface area contributed by atoms with Gasteiger partial charge in [-0.2, -0.15) is 0 Å². The Morgan fingerprint density at radius 2 is 1.74 bits per heavy atom. The van der Waals surface area contributed by atoms with E-state index in [0.29, 0.717) is 30.5 Å². The lowest BCUT2D eigenvalue weighted by atomic mass is 9.95. The molecule has 2 bridgehead atoms. The molecule has 1 saturated carbocycles. The molecule has 39 heavy (non-hydrogen) atoms. The zero-order chi connectivity index (χ0) is 27.4. The van der Waals surface area contributed by atoms with Crippen molar-refractivity contribution in [3.63, 3.8) is 0 Å². The second kappa shape index (κ2) is 9.55. The van der Waals surface area contributed by atoms with Gasteiger partial charge in [-0.3, -0.25) is 14.4 Å². The molecule has 3 aliphatic rings. The largest absolute Gasteiger partial charge is 0.483 e. The monoisotopic (exact) mass is 541 g/mol. The third-order valence-electron chi connectivity index (χ3n) is 7.81. The number of fused-ring (bicyclic) bond motifs is 6. The van der Waals surface area contributed by atoms with Gasteiger partial charge in [0.25, 0.3) is 11.8 Å². The number of halogens is 4. The number of nitrogens with zero attached hydrogens (tertiary/aromatic N) is 2. The van der Waals surface area contributed by atoms with Crippen LogP contribution in [-0.4, -0.2) is 39.5 Å². The van der Waals surface area contributed by atoms with Crippen LogP contribution in [0.4, 0.5) is 17.6 Å². The molecule has 1 N–H and O–H groups in total. The molecule has 3 aromatic rings. The van der Waals surface area contributed by atoms with Gasteiger partial charge in [0, 0.05) is 37.0 Å². The quantitative estimate of drug-likeness (QED) is 0.483. The van der Waals surface area contributed by atoms with Crippen molar-refractivity contribution in [1.82, 2.24) is 14.8 Å². The van der Waals surface area contributed by atoms with E-state index in [2.05, 4.69) is 5.32 Å². The zero-order valence-electron chi connectivity index (χ0n) is 20.5. The van der Waals surface area contributed by atoms with Crippen molar-refractivity contribution < 1.29 is 31.9 Å². The van der Waals surface area contributed by atoms with Crippen LogP contribution < -0.4 is 15.5 Å². The minimum absolute atomic E-state index is 0.0445. The van der Waals surface area contributed by atoms with E-state index in [1.54, 1.807) is 30.3 Å². The minimum atomic E-state index is -1.19. The Morgan fingerprint density at radius 3 is 2.46 bits per heavy atom. The van der Waals surface area contributed by atoms with Crippen LogP contribution in [0.1, 0.15) is 44.8 Å². The number of aromatic nitrogens is 1. The van der Waals surface area contributed by atoms with Gasteiger partial charge in [-0.15, -0.1) is 0 Å². The SMILES string of the molecule is O=C(NCc1c(F)cc(F)cc1F)c1cn2c(c(OCc3ccccc3)c1=O)C(=O)N1[C@@H]3C[C@@H](C[C@H]3F)[C@@H]1C2. The number of carbonyl (C=O) groups excluding carboxylic acids is 2. The van der Waals surface area contributed by atoms with Gasteiger partial charge >= 0.3 is 0 Å². The molecular weight excluding hydrogens is 518 g/mol. The lowest BCUT2D eigenvalue weighted by molar-refractivity contribution is 0.0313. The second-order valence-corrected chi connectivity index (χ2v) is 10.1. The molecule has 1 saturated heterocycles. The first-order chi connectivity index (χ1) is 18.7. The maximum absolute atomic E-state index is 14.5. The molecule has 0 spiro atoms.